The molecule has 0 saturated carbocycles. The molecule has 4 rings (SSSR count). The first-order valence-corrected chi connectivity index (χ1v) is 8.99. The van der Waals surface area contributed by atoms with E-state index in [-0.39, 0.29) is 24.2 Å². The molecule has 7 nitrogen and oxygen atoms in total. The van der Waals surface area contributed by atoms with Gasteiger partial charge in [0.15, 0.2) is 0 Å². The molecule has 138 valence electrons. The lowest BCUT2D eigenvalue weighted by atomic mass is 10.1. The average Bonchev–Trinajstić information content (AvgIpc) is 3.25. The molecule has 7 heteroatoms. The molecule has 3 heterocycles. The first kappa shape index (κ1) is 17.2. The fourth-order valence-electron chi connectivity index (χ4n) is 3.44. The second-order valence-corrected chi connectivity index (χ2v) is 6.91. The van der Waals surface area contributed by atoms with Gasteiger partial charge in [0.2, 0.25) is 11.8 Å². The fourth-order valence-corrected chi connectivity index (χ4v) is 3.44. The summed E-state index contributed by atoms with van der Waals surface area (Å²) < 4.78 is 0. The lowest BCUT2D eigenvalue weighted by Gasteiger charge is -2.16. The number of hydrogen-bond donors (Lipinski definition) is 2. The minimum absolute atomic E-state index is 0.00151. The number of aryl methyl sites for hydroxylation is 1. The van der Waals surface area contributed by atoms with Crippen LogP contribution in [0.4, 0.5) is 0 Å². The van der Waals surface area contributed by atoms with Crippen molar-refractivity contribution in [2.24, 2.45) is 5.92 Å². The molecule has 0 aliphatic carbocycles. The van der Waals surface area contributed by atoms with E-state index >= 15 is 0 Å². The van der Waals surface area contributed by atoms with Gasteiger partial charge in [-0.1, -0.05) is 18.2 Å². The molecule has 1 aliphatic rings. The summed E-state index contributed by atoms with van der Waals surface area (Å²) in [5.74, 6) is 0.261. The van der Waals surface area contributed by atoms with Crippen molar-refractivity contribution in [3.8, 4) is 0 Å². The largest absolute Gasteiger partial charge is 0.349 e. The van der Waals surface area contributed by atoms with E-state index in [0.717, 1.165) is 22.2 Å². The monoisotopic (exact) mass is 363 g/mol. The van der Waals surface area contributed by atoms with Gasteiger partial charge in [0.1, 0.15) is 5.82 Å². The number of pyridine rings is 1. The van der Waals surface area contributed by atoms with Crippen LogP contribution >= 0.6 is 0 Å². The van der Waals surface area contributed by atoms with Gasteiger partial charge in [-0.15, -0.1) is 0 Å². The molecule has 27 heavy (non-hydrogen) atoms. The minimum atomic E-state index is -0.333. The number of carbonyl (C=O) groups is 2. The summed E-state index contributed by atoms with van der Waals surface area (Å²) >= 11 is 0. The van der Waals surface area contributed by atoms with Crippen LogP contribution < -0.4 is 5.32 Å². The molecule has 1 aliphatic heterocycles. The number of aromatic nitrogens is 3. The van der Waals surface area contributed by atoms with Crippen molar-refractivity contribution >= 4 is 22.8 Å². The standard InChI is InChI=1S/C20H21N5O2/c1-13-4-2-6-16-19(13)24-17(23-16)10-22-20(27)15-8-18(26)25(12-15)11-14-5-3-7-21-9-14/h2-7,9,15H,8,10-12H2,1H3,(H,22,27)(H,23,24). The number of nitrogens with one attached hydrogen (secondary N) is 2. The number of likely N-dealkylation sites (tertiary alicyclic amines) is 1. The number of benzene rings is 1. The molecule has 1 aromatic carbocycles. The molecule has 0 spiro atoms. The fraction of sp³-hybridized carbons (Fsp3) is 0.300. The quantitative estimate of drug-likeness (QED) is 0.725. The number of nitrogens with zero attached hydrogens (tertiary/aromatic N) is 3. The lowest BCUT2D eigenvalue weighted by molar-refractivity contribution is -0.129. The van der Waals surface area contributed by atoms with E-state index in [2.05, 4.69) is 20.3 Å². The van der Waals surface area contributed by atoms with Crippen molar-refractivity contribution in [1.29, 1.82) is 0 Å². The maximum Gasteiger partial charge on any atom is 0.225 e. The van der Waals surface area contributed by atoms with Crippen LogP contribution in [0.2, 0.25) is 0 Å². The van der Waals surface area contributed by atoms with Gasteiger partial charge in [-0.25, -0.2) is 4.98 Å². The Morgan fingerprint density at radius 2 is 2.22 bits per heavy atom. The molecule has 1 unspecified atom stereocenters. The topological polar surface area (TPSA) is 91.0 Å². The Labute approximate surface area is 156 Å². The third kappa shape index (κ3) is 3.67. The van der Waals surface area contributed by atoms with Gasteiger partial charge < -0.3 is 15.2 Å². The molecule has 1 atom stereocenters. The number of fused-ring (bicyclic) bond motifs is 1. The van der Waals surface area contributed by atoms with Crippen LogP contribution in [0, 0.1) is 12.8 Å². The van der Waals surface area contributed by atoms with E-state index in [9.17, 15) is 9.59 Å². The van der Waals surface area contributed by atoms with Crippen molar-refractivity contribution in [1.82, 2.24) is 25.2 Å². The van der Waals surface area contributed by atoms with Crippen molar-refractivity contribution in [2.45, 2.75) is 26.4 Å². The molecule has 1 fully saturated rings. The van der Waals surface area contributed by atoms with Crippen LogP contribution in [0.1, 0.15) is 23.4 Å². The molecule has 0 radical (unpaired) electrons. The Kier molecular flexibility index (Phi) is 4.58. The highest BCUT2D eigenvalue weighted by molar-refractivity contribution is 5.89. The number of amides is 2. The van der Waals surface area contributed by atoms with E-state index in [4.69, 9.17) is 0 Å². The Hall–Kier alpha value is -3.22. The highest BCUT2D eigenvalue weighted by Gasteiger charge is 2.34. The Bertz CT molecular complexity index is 982. The number of H-pyrrole nitrogens is 1. The van der Waals surface area contributed by atoms with E-state index in [0.29, 0.717) is 25.5 Å². The summed E-state index contributed by atoms with van der Waals surface area (Å²) in [6, 6.07) is 9.71. The number of carbonyl (C=O) groups excluding carboxylic acids is 2. The normalized spacial score (nSPS) is 16.9. The molecule has 0 bridgehead atoms. The highest BCUT2D eigenvalue weighted by atomic mass is 16.2. The molecule has 2 amide bonds. The number of imidazole rings is 1. The zero-order chi connectivity index (χ0) is 18.8. The number of hydrogen-bond acceptors (Lipinski definition) is 4. The molecule has 3 aromatic rings. The predicted molar refractivity (Wildman–Crippen MR) is 100 cm³/mol. The molecular weight excluding hydrogens is 342 g/mol. The third-order valence-corrected chi connectivity index (χ3v) is 4.88. The first-order valence-electron chi connectivity index (χ1n) is 8.99. The van der Waals surface area contributed by atoms with Crippen LogP contribution in [0.3, 0.4) is 0 Å². The van der Waals surface area contributed by atoms with Crippen LogP contribution in [0.15, 0.2) is 42.7 Å². The zero-order valence-electron chi connectivity index (χ0n) is 15.1. The van der Waals surface area contributed by atoms with Crippen LogP contribution in [-0.2, 0) is 22.7 Å². The van der Waals surface area contributed by atoms with Crippen molar-refractivity contribution in [3.63, 3.8) is 0 Å². The van der Waals surface area contributed by atoms with Crippen LogP contribution in [0.25, 0.3) is 11.0 Å². The van der Waals surface area contributed by atoms with Gasteiger partial charge in [-0.2, -0.15) is 0 Å². The van der Waals surface area contributed by atoms with Gasteiger partial charge in [0.05, 0.1) is 23.5 Å². The first-order chi connectivity index (χ1) is 13.1. The summed E-state index contributed by atoms with van der Waals surface area (Å²) in [5.41, 5.74) is 3.93. The third-order valence-electron chi connectivity index (χ3n) is 4.88. The van der Waals surface area contributed by atoms with Gasteiger partial charge >= 0.3 is 0 Å². The van der Waals surface area contributed by atoms with E-state index in [1.54, 1.807) is 17.3 Å². The number of aromatic amines is 1. The van der Waals surface area contributed by atoms with E-state index < -0.39 is 0 Å². The average molecular weight is 363 g/mol. The molecule has 2 N–H and O–H groups in total. The van der Waals surface area contributed by atoms with Gasteiger partial charge in [0, 0.05) is 31.9 Å². The van der Waals surface area contributed by atoms with E-state index in [1.807, 2.05) is 37.3 Å². The van der Waals surface area contributed by atoms with Gasteiger partial charge in [-0.05, 0) is 30.2 Å². The second kappa shape index (κ2) is 7.19. The summed E-state index contributed by atoms with van der Waals surface area (Å²) in [5, 5.41) is 2.90. The van der Waals surface area contributed by atoms with Crippen molar-refractivity contribution < 1.29 is 9.59 Å². The Morgan fingerprint density at radius 3 is 3.00 bits per heavy atom. The molecular formula is C20H21N5O2. The maximum absolute atomic E-state index is 12.5. The zero-order valence-corrected chi connectivity index (χ0v) is 15.1. The van der Waals surface area contributed by atoms with Gasteiger partial charge in [0.25, 0.3) is 0 Å². The minimum Gasteiger partial charge on any atom is -0.349 e. The van der Waals surface area contributed by atoms with Crippen LogP contribution in [-0.4, -0.2) is 38.2 Å². The van der Waals surface area contributed by atoms with Crippen molar-refractivity contribution in [3.05, 3.63) is 59.7 Å². The van der Waals surface area contributed by atoms with E-state index in [1.165, 1.54) is 0 Å². The summed E-state index contributed by atoms with van der Waals surface area (Å²) in [6.07, 6.45) is 3.68. The highest BCUT2D eigenvalue weighted by Crippen LogP contribution is 2.20. The Morgan fingerprint density at radius 1 is 1.33 bits per heavy atom. The predicted octanol–water partition coefficient (Wildman–Crippen LogP) is 1.93. The SMILES string of the molecule is Cc1cccc2[nH]c(CNC(=O)C3CC(=O)N(Cc4cccnc4)C3)nc12. The smallest absolute Gasteiger partial charge is 0.225 e. The lowest BCUT2D eigenvalue weighted by Crippen LogP contribution is -2.32. The summed E-state index contributed by atoms with van der Waals surface area (Å²) in [4.78, 5) is 38.3. The molecule has 1 saturated heterocycles. The van der Waals surface area contributed by atoms with Gasteiger partial charge in [-0.3, -0.25) is 14.6 Å². The number of para-hydroxylation sites is 1. The van der Waals surface area contributed by atoms with Crippen molar-refractivity contribution in [2.75, 3.05) is 6.54 Å². The second-order valence-electron chi connectivity index (χ2n) is 6.91. The number of rotatable bonds is 5. The molecule has 2 aromatic heterocycles. The maximum atomic E-state index is 12.5. The Balaban J connectivity index is 1.35. The summed E-state index contributed by atoms with van der Waals surface area (Å²) in [6.45, 7) is 3.24. The summed E-state index contributed by atoms with van der Waals surface area (Å²) in [7, 11) is 0. The van der Waals surface area contributed by atoms with Crippen LogP contribution in [0.5, 0.6) is 0 Å².